The number of hydrogen-bond donors (Lipinski definition) is 2. The van der Waals surface area contributed by atoms with Crippen LogP contribution < -0.4 is 10.6 Å². The Morgan fingerprint density at radius 2 is 1.90 bits per heavy atom. The normalized spacial score (nSPS) is 10.4. The summed E-state index contributed by atoms with van der Waals surface area (Å²) in [5, 5.41) is 9.32. The van der Waals surface area contributed by atoms with E-state index >= 15 is 0 Å². The topological polar surface area (TPSA) is 66.6 Å². The van der Waals surface area contributed by atoms with E-state index in [0.717, 1.165) is 0 Å². The zero-order valence-electron chi connectivity index (χ0n) is 12.6. The van der Waals surface area contributed by atoms with E-state index in [-0.39, 0.29) is 5.56 Å². The van der Waals surface area contributed by atoms with Gasteiger partial charge in [0.25, 0.3) is 0 Å². The van der Waals surface area contributed by atoms with Gasteiger partial charge < -0.3 is 15.7 Å². The van der Waals surface area contributed by atoms with E-state index in [1.54, 1.807) is 12.1 Å². The summed E-state index contributed by atoms with van der Waals surface area (Å²) >= 11 is 0. The molecule has 0 heterocycles. The number of anilines is 2. The second-order valence-corrected chi connectivity index (χ2v) is 5.37. The summed E-state index contributed by atoms with van der Waals surface area (Å²) in [4.78, 5) is 13.3. The molecule has 2 aromatic rings. The molecule has 110 valence electrons. The van der Waals surface area contributed by atoms with Crippen molar-refractivity contribution in [3.05, 3.63) is 58.7 Å². The number of carboxylic acid groups (broad SMARTS) is 1. The predicted octanol–water partition coefficient (Wildman–Crippen LogP) is 3.22. The molecule has 0 saturated carbocycles. The molecule has 0 fully saturated rings. The van der Waals surface area contributed by atoms with Crippen LogP contribution in [0.5, 0.6) is 0 Å². The molecule has 0 saturated heterocycles. The first kappa shape index (κ1) is 14.9. The van der Waals surface area contributed by atoms with E-state index in [4.69, 9.17) is 5.73 Å². The van der Waals surface area contributed by atoms with Gasteiger partial charge >= 0.3 is 5.97 Å². The standard InChI is InChI=1S/C17H20N2O2/c1-11-4-5-12(2)13(8-11)10-19(3)16-7-6-14(18)9-15(16)17(20)21/h4-9H,10,18H2,1-3H3,(H,20,21). The van der Waals surface area contributed by atoms with Gasteiger partial charge in [0, 0.05) is 19.3 Å². The molecule has 0 aliphatic heterocycles. The summed E-state index contributed by atoms with van der Waals surface area (Å²) in [6, 6.07) is 11.3. The van der Waals surface area contributed by atoms with E-state index in [9.17, 15) is 9.90 Å². The Balaban J connectivity index is 2.34. The van der Waals surface area contributed by atoms with Gasteiger partial charge in [0.15, 0.2) is 0 Å². The van der Waals surface area contributed by atoms with Crippen molar-refractivity contribution in [3.8, 4) is 0 Å². The van der Waals surface area contributed by atoms with Crippen molar-refractivity contribution < 1.29 is 9.90 Å². The first-order chi connectivity index (χ1) is 9.88. The Bertz CT molecular complexity index is 680. The van der Waals surface area contributed by atoms with Crippen LogP contribution in [-0.2, 0) is 6.54 Å². The van der Waals surface area contributed by atoms with Crippen molar-refractivity contribution in [2.45, 2.75) is 20.4 Å². The summed E-state index contributed by atoms with van der Waals surface area (Å²) in [6.45, 7) is 4.76. The highest BCUT2D eigenvalue weighted by molar-refractivity contribution is 5.95. The van der Waals surface area contributed by atoms with Gasteiger partial charge in [-0.2, -0.15) is 0 Å². The summed E-state index contributed by atoms with van der Waals surface area (Å²) in [5.74, 6) is -0.967. The van der Waals surface area contributed by atoms with Crippen molar-refractivity contribution in [2.75, 3.05) is 17.7 Å². The van der Waals surface area contributed by atoms with Gasteiger partial charge in [0.05, 0.1) is 11.3 Å². The van der Waals surface area contributed by atoms with E-state index in [0.29, 0.717) is 17.9 Å². The minimum absolute atomic E-state index is 0.225. The van der Waals surface area contributed by atoms with Crippen molar-refractivity contribution in [1.29, 1.82) is 0 Å². The minimum atomic E-state index is -0.967. The SMILES string of the molecule is Cc1ccc(C)c(CN(C)c2ccc(N)cc2C(=O)O)c1. The minimum Gasteiger partial charge on any atom is -0.478 e. The number of carbonyl (C=O) groups is 1. The van der Waals surface area contributed by atoms with Gasteiger partial charge in [0.2, 0.25) is 0 Å². The van der Waals surface area contributed by atoms with Crippen molar-refractivity contribution in [1.82, 2.24) is 0 Å². The molecule has 0 bridgehead atoms. The second-order valence-electron chi connectivity index (χ2n) is 5.37. The number of nitrogens with zero attached hydrogens (tertiary/aromatic N) is 1. The van der Waals surface area contributed by atoms with Crippen LogP contribution in [0.1, 0.15) is 27.0 Å². The molecule has 0 atom stereocenters. The van der Waals surface area contributed by atoms with Crippen LogP contribution in [0.15, 0.2) is 36.4 Å². The smallest absolute Gasteiger partial charge is 0.337 e. The quantitative estimate of drug-likeness (QED) is 0.846. The lowest BCUT2D eigenvalue weighted by atomic mass is 10.0. The number of aryl methyl sites for hydroxylation is 2. The Morgan fingerprint density at radius 3 is 2.57 bits per heavy atom. The first-order valence-corrected chi connectivity index (χ1v) is 6.78. The summed E-state index contributed by atoms with van der Waals surface area (Å²) in [6.07, 6.45) is 0. The van der Waals surface area contributed by atoms with Gasteiger partial charge in [-0.3, -0.25) is 0 Å². The molecule has 2 aromatic carbocycles. The lowest BCUT2D eigenvalue weighted by molar-refractivity contribution is 0.0697. The molecule has 0 spiro atoms. The highest BCUT2D eigenvalue weighted by atomic mass is 16.4. The monoisotopic (exact) mass is 284 g/mol. The van der Waals surface area contributed by atoms with E-state index in [1.165, 1.54) is 22.8 Å². The first-order valence-electron chi connectivity index (χ1n) is 6.78. The molecule has 21 heavy (non-hydrogen) atoms. The van der Waals surface area contributed by atoms with Gasteiger partial charge in [-0.1, -0.05) is 23.8 Å². The number of rotatable bonds is 4. The van der Waals surface area contributed by atoms with Crippen LogP contribution in [-0.4, -0.2) is 18.1 Å². The van der Waals surface area contributed by atoms with E-state index < -0.39 is 5.97 Å². The number of benzene rings is 2. The lowest BCUT2D eigenvalue weighted by Crippen LogP contribution is -2.20. The van der Waals surface area contributed by atoms with E-state index in [2.05, 4.69) is 32.0 Å². The molecule has 4 heteroatoms. The van der Waals surface area contributed by atoms with Crippen LogP contribution in [0.3, 0.4) is 0 Å². The lowest BCUT2D eigenvalue weighted by Gasteiger charge is -2.23. The zero-order chi connectivity index (χ0) is 15.6. The average molecular weight is 284 g/mol. The number of nitrogens with two attached hydrogens (primary N) is 1. The van der Waals surface area contributed by atoms with Gasteiger partial charge in [-0.25, -0.2) is 4.79 Å². The highest BCUT2D eigenvalue weighted by Crippen LogP contribution is 2.24. The summed E-state index contributed by atoms with van der Waals surface area (Å²) < 4.78 is 0. The third-order valence-corrected chi connectivity index (χ3v) is 3.57. The Hall–Kier alpha value is -2.49. The average Bonchev–Trinajstić information content (AvgIpc) is 2.42. The van der Waals surface area contributed by atoms with Crippen molar-refractivity contribution in [3.63, 3.8) is 0 Å². The highest BCUT2D eigenvalue weighted by Gasteiger charge is 2.14. The molecule has 3 N–H and O–H groups in total. The molecule has 0 aromatic heterocycles. The van der Waals surface area contributed by atoms with Crippen molar-refractivity contribution >= 4 is 17.3 Å². The molecule has 4 nitrogen and oxygen atoms in total. The molecule has 0 amide bonds. The fraction of sp³-hybridized carbons (Fsp3) is 0.235. The second kappa shape index (κ2) is 5.87. The molecule has 0 aliphatic carbocycles. The molecular weight excluding hydrogens is 264 g/mol. The Morgan fingerprint density at radius 1 is 1.19 bits per heavy atom. The van der Waals surface area contributed by atoms with Crippen LogP contribution >= 0.6 is 0 Å². The molecule has 2 rings (SSSR count). The molecular formula is C17H20N2O2. The summed E-state index contributed by atoms with van der Waals surface area (Å²) in [5.41, 5.74) is 10.6. The number of carboxylic acids is 1. The third-order valence-electron chi connectivity index (χ3n) is 3.57. The summed E-state index contributed by atoms with van der Waals surface area (Å²) in [7, 11) is 1.89. The maximum absolute atomic E-state index is 11.4. The zero-order valence-corrected chi connectivity index (χ0v) is 12.6. The van der Waals surface area contributed by atoms with Gasteiger partial charge in [-0.05, 0) is 43.2 Å². The maximum atomic E-state index is 11.4. The molecule has 0 unspecified atom stereocenters. The number of aromatic carboxylic acids is 1. The number of nitrogen functional groups attached to an aromatic ring is 1. The van der Waals surface area contributed by atoms with Gasteiger partial charge in [-0.15, -0.1) is 0 Å². The largest absolute Gasteiger partial charge is 0.478 e. The van der Waals surface area contributed by atoms with Crippen LogP contribution in [0, 0.1) is 13.8 Å². The van der Waals surface area contributed by atoms with Crippen LogP contribution in [0.25, 0.3) is 0 Å². The fourth-order valence-corrected chi connectivity index (χ4v) is 2.37. The Kier molecular flexibility index (Phi) is 4.17. The van der Waals surface area contributed by atoms with Gasteiger partial charge in [0.1, 0.15) is 0 Å². The Labute approximate surface area is 124 Å². The fourth-order valence-electron chi connectivity index (χ4n) is 2.37. The molecule has 0 radical (unpaired) electrons. The predicted molar refractivity (Wildman–Crippen MR) is 85.8 cm³/mol. The van der Waals surface area contributed by atoms with Crippen molar-refractivity contribution in [2.24, 2.45) is 0 Å². The van der Waals surface area contributed by atoms with Crippen LogP contribution in [0.2, 0.25) is 0 Å². The maximum Gasteiger partial charge on any atom is 0.337 e. The number of hydrogen-bond acceptors (Lipinski definition) is 3. The van der Waals surface area contributed by atoms with E-state index in [1.807, 2.05) is 11.9 Å². The molecule has 0 aliphatic rings. The third kappa shape index (κ3) is 3.34. The van der Waals surface area contributed by atoms with Crippen LogP contribution in [0.4, 0.5) is 11.4 Å².